The van der Waals surface area contributed by atoms with Gasteiger partial charge < -0.3 is 18.9 Å². The van der Waals surface area contributed by atoms with Crippen LogP contribution in [0.25, 0.3) is 11.3 Å². The number of benzene rings is 1. The lowest BCUT2D eigenvalue weighted by molar-refractivity contribution is 0.0688. The predicted molar refractivity (Wildman–Crippen MR) is 123 cm³/mol. The Hall–Kier alpha value is -3.20. The lowest BCUT2D eigenvalue weighted by Gasteiger charge is -2.31. The molecule has 2 aromatic heterocycles. The SMILES string of the molecule is COc1ccc2c(c1)CCc1c-2n[nH]c1C(=O)N1CCCC(c2nc(C3CCOCC3)no2)C1. The number of fused-ring (bicyclic) bond motifs is 3. The molecule has 3 aliphatic rings. The first-order valence-electron chi connectivity index (χ1n) is 12.2. The third-order valence-corrected chi connectivity index (χ3v) is 7.39. The molecule has 9 nitrogen and oxygen atoms in total. The first-order valence-corrected chi connectivity index (χ1v) is 12.2. The normalized spacial score (nSPS) is 20.6. The molecule has 1 aliphatic carbocycles. The van der Waals surface area contributed by atoms with E-state index >= 15 is 0 Å². The number of aryl methyl sites for hydroxylation is 1. The molecule has 3 aromatic rings. The number of aromatic nitrogens is 4. The van der Waals surface area contributed by atoms with E-state index in [2.05, 4.69) is 21.4 Å². The molecule has 2 aliphatic heterocycles. The van der Waals surface area contributed by atoms with E-state index in [-0.39, 0.29) is 11.8 Å². The number of likely N-dealkylation sites (tertiary alicyclic amines) is 1. The zero-order chi connectivity index (χ0) is 23.1. The van der Waals surface area contributed by atoms with Crippen molar-refractivity contribution in [3.05, 3.63) is 46.7 Å². The third-order valence-electron chi connectivity index (χ3n) is 7.39. The molecule has 2 fully saturated rings. The Balaban J connectivity index is 1.19. The molecule has 34 heavy (non-hydrogen) atoms. The Morgan fingerprint density at radius 1 is 1.18 bits per heavy atom. The average molecular weight is 464 g/mol. The number of carbonyl (C=O) groups excluding carboxylic acids is 1. The predicted octanol–water partition coefficient (Wildman–Crippen LogP) is 3.48. The topological polar surface area (TPSA) is 106 Å². The van der Waals surface area contributed by atoms with Crippen LogP contribution in [0, 0.1) is 0 Å². The fraction of sp³-hybridized carbons (Fsp3) is 0.520. The molecule has 1 amide bonds. The zero-order valence-electron chi connectivity index (χ0n) is 19.4. The average Bonchev–Trinajstić information content (AvgIpc) is 3.56. The molecule has 6 rings (SSSR count). The van der Waals surface area contributed by atoms with Crippen LogP contribution < -0.4 is 4.74 Å². The second-order valence-corrected chi connectivity index (χ2v) is 9.42. The van der Waals surface area contributed by atoms with Gasteiger partial charge in [0.25, 0.3) is 5.91 Å². The summed E-state index contributed by atoms with van der Waals surface area (Å²) in [5.74, 6) is 2.62. The summed E-state index contributed by atoms with van der Waals surface area (Å²) in [4.78, 5) is 20.2. The molecule has 0 radical (unpaired) electrons. The van der Waals surface area contributed by atoms with Crippen molar-refractivity contribution in [1.29, 1.82) is 0 Å². The van der Waals surface area contributed by atoms with Crippen LogP contribution in [0.2, 0.25) is 0 Å². The highest BCUT2D eigenvalue weighted by Crippen LogP contribution is 2.36. The van der Waals surface area contributed by atoms with Crippen LogP contribution >= 0.6 is 0 Å². The van der Waals surface area contributed by atoms with Gasteiger partial charge in [0.15, 0.2) is 5.82 Å². The van der Waals surface area contributed by atoms with E-state index in [1.54, 1.807) is 7.11 Å². The number of piperidine rings is 1. The molecule has 0 bridgehead atoms. The second kappa shape index (κ2) is 8.87. The first kappa shape index (κ1) is 21.3. The van der Waals surface area contributed by atoms with Gasteiger partial charge in [-0.15, -0.1) is 0 Å². The molecule has 1 atom stereocenters. The summed E-state index contributed by atoms with van der Waals surface area (Å²) < 4.78 is 16.5. The standard InChI is InChI=1S/C25H29N5O4/c1-32-18-5-7-19-16(13-18)4-6-20-21(19)27-28-22(20)25(31)30-10-2-3-17(14-30)24-26-23(29-34-24)15-8-11-33-12-9-15/h5,7,13,15,17H,2-4,6,8-12,14H2,1H3,(H,27,28). The van der Waals surface area contributed by atoms with Gasteiger partial charge in [0, 0.05) is 43.3 Å². The maximum Gasteiger partial charge on any atom is 0.272 e. The van der Waals surface area contributed by atoms with E-state index in [0.29, 0.717) is 24.0 Å². The minimum absolute atomic E-state index is 0.000389. The van der Waals surface area contributed by atoms with Gasteiger partial charge in [-0.05, 0) is 62.3 Å². The Kier molecular flexibility index (Phi) is 5.57. The van der Waals surface area contributed by atoms with Crippen molar-refractivity contribution in [2.75, 3.05) is 33.4 Å². The largest absolute Gasteiger partial charge is 0.497 e. The van der Waals surface area contributed by atoms with Crippen molar-refractivity contribution >= 4 is 5.91 Å². The molecule has 1 N–H and O–H groups in total. The number of rotatable bonds is 4. The van der Waals surface area contributed by atoms with Gasteiger partial charge in [-0.3, -0.25) is 9.89 Å². The molecule has 178 valence electrons. The number of nitrogens with zero attached hydrogens (tertiary/aromatic N) is 4. The first-order chi connectivity index (χ1) is 16.7. The molecule has 2 saturated heterocycles. The summed E-state index contributed by atoms with van der Waals surface area (Å²) in [6.45, 7) is 2.78. The van der Waals surface area contributed by atoms with E-state index in [9.17, 15) is 4.79 Å². The van der Waals surface area contributed by atoms with E-state index in [4.69, 9.17) is 19.0 Å². The van der Waals surface area contributed by atoms with Crippen LogP contribution in [0.5, 0.6) is 5.75 Å². The summed E-state index contributed by atoms with van der Waals surface area (Å²) in [6.07, 6.45) is 5.34. The lowest BCUT2D eigenvalue weighted by atomic mass is 9.88. The number of hydrogen-bond donors (Lipinski definition) is 1. The number of nitrogens with one attached hydrogen (secondary N) is 1. The van der Waals surface area contributed by atoms with E-state index in [1.807, 2.05) is 17.0 Å². The van der Waals surface area contributed by atoms with Crippen molar-refractivity contribution in [1.82, 2.24) is 25.2 Å². The van der Waals surface area contributed by atoms with Crippen LogP contribution in [-0.2, 0) is 17.6 Å². The van der Waals surface area contributed by atoms with Crippen molar-refractivity contribution < 1.29 is 18.8 Å². The molecule has 0 spiro atoms. The number of ether oxygens (including phenoxy) is 2. The van der Waals surface area contributed by atoms with Gasteiger partial charge in [-0.25, -0.2) is 0 Å². The summed E-state index contributed by atoms with van der Waals surface area (Å²) in [5, 5.41) is 11.8. The van der Waals surface area contributed by atoms with E-state index in [1.165, 1.54) is 5.56 Å². The number of H-pyrrole nitrogens is 1. The highest BCUT2D eigenvalue weighted by Gasteiger charge is 2.33. The number of amides is 1. The molecule has 1 aromatic carbocycles. The monoisotopic (exact) mass is 463 g/mol. The Bertz CT molecular complexity index is 1200. The van der Waals surface area contributed by atoms with Crippen LogP contribution in [0.4, 0.5) is 0 Å². The van der Waals surface area contributed by atoms with E-state index in [0.717, 1.165) is 86.7 Å². The van der Waals surface area contributed by atoms with Crippen LogP contribution in [0.3, 0.4) is 0 Å². The molecule has 9 heteroatoms. The number of carbonyl (C=O) groups is 1. The minimum atomic E-state index is -0.000389. The van der Waals surface area contributed by atoms with Gasteiger partial charge in [-0.2, -0.15) is 10.1 Å². The highest BCUT2D eigenvalue weighted by molar-refractivity contribution is 5.96. The summed E-state index contributed by atoms with van der Waals surface area (Å²) in [7, 11) is 1.67. The van der Waals surface area contributed by atoms with Gasteiger partial charge in [0.05, 0.1) is 18.7 Å². The highest BCUT2D eigenvalue weighted by atomic mass is 16.5. The maximum atomic E-state index is 13.5. The summed E-state index contributed by atoms with van der Waals surface area (Å²) in [5.41, 5.74) is 4.75. The maximum absolute atomic E-state index is 13.5. The van der Waals surface area contributed by atoms with Crippen LogP contribution in [0.15, 0.2) is 22.7 Å². The van der Waals surface area contributed by atoms with Gasteiger partial charge in [0.1, 0.15) is 11.4 Å². The van der Waals surface area contributed by atoms with Crippen LogP contribution in [-0.4, -0.2) is 64.6 Å². The number of aromatic amines is 1. The molecule has 4 heterocycles. The lowest BCUT2D eigenvalue weighted by Crippen LogP contribution is -2.39. The van der Waals surface area contributed by atoms with Crippen LogP contribution in [0.1, 0.15) is 70.8 Å². The van der Waals surface area contributed by atoms with Gasteiger partial charge in [-0.1, -0.05) is 5.16 Å². The van der Waals surface area contributed by atoms with Gasteiger partial charge >= 0.3 is 0 Å². The number of hydrogen-bond acceptors (Lipinski definition) is 7. The van der Waals surface area contributed by atoms with E-state index < -0.39 is 0 Å². The third kappa shape index (κ3) is 3.77. The minimum Gasteiger partial charge on any atom is -0.497 e. The van der Waals surface area contributed by atoms with Gasteiger partial charge in [0.2, 0.25) is 5.89 Å². The quantitative estimate of drug-likeness (QED) is 0.631. The Labute approximate surface area is 197 Å². The molecule has 0 saturated carbocycles. The summed E-state index contributed by atoms with van der Waals surface area (Å²) in [6, 6.07) is 6.03. The molecular weight excluding hydrogens is 434 g/mol. The van der Waals surface area contributed by atoms with Crippen molar-refractivity contribution in [3.63, 3.8) is 0 Å². The molecule has 1 unspecified atom stereocenters. The Morgan fingerprint density at radius 2 is 2.06 bits per heavy atom. The smallest absolute Gasteiger partial charge is 0.272 e. The Morgan fingerprint density at radius 3 is 2.91 bits per heavy atom. The molecular formula is C25H29N5O4. The fourth-order valence-electron chi connectivity index (χ4n) is 5.46. The second-order valence-electron chi connectivity index (χ2n) is 9.42. The van der Waals surface area contributed by atoms with Crippen molar-refractivity contribution in [2.24, 2.45) is 0 Å². The van der Waals surface area contributed by atoms with Crippen molar-refractivity contribution in [2.45, 2.75) is 50.4 Å². The number of methoxy groups -OCH3 is 1. The zero-order valence-corrected chi connectivity index (χ0v) is 19.4. The fourth-order valence-corrected chi connectivity index (χ4v) is 5.46. The van der Waals surface area contributed by atoms with Crippen molar-refractivity contribution in [3.8, 4) is 17.0 Å². The summed E-state index contributed by atoms with van der Waals surface area (Å²) >= 11 is 0.